The van der Waals surface area contributed by atoms with Crippen molar-refractivity contribution in [3.8, 4) is 0 Å². The molecule has 0 heterocycles. The van der Waals surface area contributed by atoms with E-state index in [1.807, 2.05) is 0 Å². The van der Waals surface area contributed by atoms with E-state index >= 15 is 0 Å². The normalized spacial score (nSPS) is 10.3. The van der Waals surface area contributed by atoms with Gasteiger partial charge in [0.1, 0.15) is 11.6 Å². The summed E-state index contributed by atoms with van der Waals surface area (Å²) in [6, 6.07) is 9.15. The first kappa shape index (κ1) is 17.1. The molecule has 2 amide bonds. The van der Waals surface area contributed by atoms with Crippen molar-refractivity contribution in [3.63, 3.8) is 0 Å². The predicted molar refractivity (Wildman–Crippen MR) is 86.1 cm³/mol. The molecule has 1 N–H and O–H groups in total. The Hall–Kier alpha value is -2.28. The fourth-order valence-corrected chi connectivity index (χ4v) is 2.34. The van der Waals surface area contributed by atoms with E-state index in [1.165, 1.54) is 43.4 Å². The molecule has 0 aliphatic heterocycles. The lowest BCUT2D eigenvalue weighted by molar-refractivity contribution is -0.116. The minimum Gasteiger partial charge on any atom is -0.332 e. The molecule has 2 rings (SSSR count). The van der Waals surface area contributed by atoms with Gasteiger partial charge in [-0.15, -0.1) is 0 Å². The molecule has 23 heavy (non-hydrogen) atoms. The van der Waals surface area contributed by atoms with Crippen molar-refractivity contribution >= 4 is 33.4 Å². The first-order chi connectivity index (χ1) is 10.9. The first-order valence-corrected chi connectivity index (χ1v) is 7.42. The summed E-state index contributed by atoms with van der Waals surface area (Å²) >= 11 is 3.17. The number of halogens is 3. The Bertz CT molecular complexity index is 753. The Kier molecular flexibility index (Phi) is 5.44. The smallest absolute Gasteiger partial charge is 0.255 e. The summed E-state index contributed by atoms with van der Waals surface area (Å²) in [4.78, 5) is 25.3. The summed E-state index contributed by atoms with van der Waals surface area (Å²) in [5, 5.41) is 2.49. The van der Waals surface area contributed by atoms with E-state index in [-0.39, 0.29) is 12.1 Å². The van der Waals surface area contributed by atoms with Crippen LogP contribution in [-0.2, 0) is 4.79 Å². The van der Waals surface area contributed by atoms with Gasteiger partial charge in [0.2, 0.25) is 5.91 Å². The fraction of sp³-hybridized carbons (Fsp3) is 0.125. The zero-order valence-electron chi connectivity index (χ0n) is 12.1. The Morgan fingerprint density at radius 1 is 1.13 bits per heavy atom. The molecule has 0 saturated heterocycles. The number of hydrogen-bond acceptors (Lipinski definition) is 2. The maximum Gasteiger partial charge on any atom is 0.255 e. The summed E-state index contributed by atoms with van der Waals surface area (Å²) in [6.45, 7) is -0.252. The number of likely N-dealkylation sites (N-methyl/N-ethyl adjacent to an activating group) is 1. The number of carbonyl (C=O) groups excluding carboxylic acids is 2. The SMILES string of the molecule is CN(CC(=O)Nc1cccc(F)c1)C(=O)c1cc(F)ccc1Br. The Morgan fingerprint density at radius 3 is 2.52 bits per heavy atom. The van der Waals surface area contributed by atoms with Gasteiger partial charge < -0.3 is 10.2 Å². The highest BCUT2D eigenvalue weighted by Crippen LogP contribution is 2.19. The standard InChI is InChI=1S/C16H13BrF2N2O2/c1-21(16(23)13-8-11(19)5-6-14(13)17)9-15(22)20-12-4-2-3-10(18)7-12/h2-8H,9H2,1H3,(H,20,22). The molecule has 0 radical (unpaired) electrons. The first-order valence-electron chi connectivity index (χ1n) is 6.63. The molecule has 0 fully saturated rings. The minimum atomic E-state index is -0.547. The van der Waals surface area contributed by atoms with Crippen LogP contribution in [0.4, 0.5) is 14.5 Å². The van der Waals surface area contributed by atoms with E-state index in [0.717, 1.165) is 11.0 Å². The zero-order chi connectivity index (χ0) is 17.0. The van der Waals surface area contributed by atoms with Gasteiger partial charge in [0.05, 0.1) is 12.1 Å². The topological polar surface area (TPSA) is 49.4 Å². The van der Waals surface area contributed by atoms with Gasteiger partial charge in [-0.2, -0.15) is 0 Å². The quantitative estimate of drug-likeness (QED) is 0.880. The molecule has 0 unspecified atom stereocenters. The van der Waals surface area contributed by atoms with E-state index in [0.29, 0.717) is 10.2 Å². The second kappa shape index (κ2) is 7.32. The van der Waals surface area contributed by atoms with Gasteiger partial charge in [0.25, 0.3) is 5.91 Å². The monoisotopic (exact) mass is 382 g/mol. The molecule has 0 aromatic heterocycles. The third-order valence-electron chi connectivity index (χ3n) is 2.99. The molecule has 0 spiro atoms. The number of rotatable bonds is 4. The maximum atomic E-state index is 13.3. The second-order valence-electron chi connectivity index (χ2n) is 4.84. The van der Waals surface area contributed by atoms with Crippen LogP contribution in [0.15, 0.2) is 46.9 Å². The van der Waals surface area contributed by atoms with Gasteiger partial charge in [-0.3, -0.25) is 9.59 Å². The molecule has 120 valence electrons. The molecule has 7 heteroatoms. The number of carbonyl (C=O) groups is 2. The van der Waals surface area contributed by atoms with Crippen LogP contribution < -0.4 is 5.32 Å². The Labute approximate surface area is 140 Å². The summed E-state index contributed by atoms with van der Waals surface area (Å²) in [6.07, 6.45) is 0. The van der Waals surface area contributed by atoms with Gasteiger partial charge >= 0.3 is 0 Å². The molecule has 2 aromatic rings. The van der Waals surface area contributed by atoms with Crippen molar-refractivity contribution in [3.05, 3.63) is 64.1 Å². The van der Waals surface area contributed by atoms with E-state index in [4.69, 9.17) is 0 Å². The molecule has 2 aromatic carbocycles. The number of anilines is 1. The largest absolute Gasteiger partial charge is 0.332 e. The fourth-order valence-electron chi connectivity index (χ4n) is 1.92. The molecule has 4 nitrogen and oxygen atoms in total. The average molecular weight is 383 g/mol. The van der Waals surface area contributed by atoms with E-state index in [1.54, 1.807) is 0 Å². The Balaban J connectivity index is 2.03. The van der Waals surface area contributed by atoms with Gasteiger partial charge in [-0.25, -0.2) is 8.78 Å². The number of benzene rings is 2. The zero-order valence-corrected chi connectivity index (χ0v) is 13.7. The van der Waals surface area contributed by atoms with Crippen molar-refractivity contribution in [1.29, 1.82) is 0 Å². The second-order valence-corrected chi connectivity index (χ2v) is 5.70. The average Bonchev–Trinajstić information content (AvgIpc) is 2.48. The van der Waals surface area contributed by atoms with Crippen molar-refractivity contribution in [2.45, 2.75) is 0 Å². The molecular formula is C16H13BrF2N2O2. The minimum absolute atomic E-state index is 0.117. The van der Waals surface area contributed by atoms with E-state index < -0.39 is 23.4 Å². The predicted octanol–water partition coefficient (Wildman–Crippen LogP) is 3.44. The van der Waals surface area contributed by atoms with Crippen molar-refractivity contribution in [2.75, 3.05) is 18.9 Å². The summed E-state index contributed by atoms with van der Waals surface area (Å²) < 4.78 is 26.7. The summed E-state index contributed by atoms with van der Waals surface area (Å²) in [5.41, 5.74) is 0.411. The number of nitrogens with one attached hydrogen (secondary N) is 1. The van der Waals surface area contributed by atoms with Crippen molar-refractivity contribution < 1.29 is 18.4 Å². The van der Waals surface area contributed by atoms with Crippen LogP contribution in [0.1, 0.15) is 10.4 Å². The molecule has 0 atom stereocenters. The van der Waals surface area contributed by atoms with E-state index in [2.05, 4.69) is 21.2 Å². The number of amides is 2. The third kappa shape index (κ3) is 4.59. The van der Waals surface area contributed by atoms with E-state index in [9.17, 15) is 18.4 Å². The number of hydrogen-bond donors (Lipinski definition) is 1. The lowest BCUT2D eigenvalue weighted by atomic mass is 10.2. The van der Waals surface area contributed by atoms with Crippen LogP contribution >= 0.6 is 15.9 Å². The maximum absolute atomic E-state index is 13.3. The van der Waals surface area contributed by atoms with Crippen molar-refractivity contribution in [2.24, 2.45) is 0 Å². The van der Waals surface area contributed by atoms with Crippen LogP contribution in [0.2, 0.25) is 0 Å². The highest BCUT2D eigenvalue weighted by atomic mass is 79.9. The highest BCUT2D eigenvalue weighted by molar-refractivity contribution is 9.10. The van der Waals surface area contributed by atoms with Gasteiger partial charge in [-0.1, -0.05) is 6.07 Å². The molecular weight excluding hydrogens is 370 g/mol. The molecule has 0 bridgehead atoms. The molecule has 0 aliphatic carbocycles. The van der Waals surface area contributed by atoms with Crippen LogP contribution in [-0.4, -0.2) is 30.3 Å². The van der Waals surface area contributed by atoms with Gasteiger partial charge in [0, 0.05) is 17.2 Å². The highest BCUT2D eigenvalue weighted by Gasteiger charge is 2.18. The summed E-state index contributed by atoms with van der Waals surface area (Å²) in [7, 11) is 1.42. The molecule has 0 aliphatic rings. The van der Waals surface area contributed by atoms with Gasteiger partial charge in [0.15, 0.2) is 0 Å². The van der Waals surface area contributed by atoms with Crippen LogP contribution in [0.5, 0.6) is 0 Å². The lowest BCUT2D eigenvalue weighted by Gasteiger charge is -2.17. The van der Waals surface area contributed by atoms with Crippen molar-refractivity contribution in [1.82, 2.24) is 4.90 Å². The Morgan fingerprint density at radius 2 is 1.83 bits per heavy atom. The van der Waals surface area contributed by atoms with Crippen LogP contribution in [0.25, 0.3) is 0 Å². The third-order valence-corrected chi connectivity index (χ3v) is 3.69. The van der Waals surface area contributed by atoms with Crippen LogP contribution in [0.3, 0.4) is 0 Å². The lowest BCUT2D eigenvalue weighted by Crippen LogP contribution is -2.35. The summed E-state index contributed by atoms with van der Waals surface area (Å²) in [5.74, 6) is -2.02. The van der Waals surface area contributed by atoms with Crippen LogP contribution in [0, 0.1) is 11.6 Å². The molecule has 0 saturated carbocycles. The van der Waals surface area contributed by atoms with Gasteiger partial charge in [-0.05, 0) is 52.3 Å². The number of nitrogens with zero attached hydrogens (tertiary/aromatic N) is 1.